The summed E-state index contributed by atoms with van der Waals surface area (Å²) >= 11 is 2.16. The Labute approximate surface area is 205 Å². The van der Waals surface area contributed by atoms with Crippen molar-refractivity contribution < 1.29 is 22.7 Å². The fraction of sp³-hybridized carbons (Fsp3) is 0.167. The molecule has 1 atom stereocenters. The van der Waals surface area contributed by atoms with Gasteiger partial charge in [0.25, 0.3) is 15.9 Å². The molecule has 0 unspecified atom stereocenters. The molecule has 1 amide bonds. The number of sulfonamides is 1. The van der Waals surface area contributed by atoms with Gasteiger partial charge in [0.15, 0.2) is 6.61 Å². The van der Waals surface area contributed by atoms with E-state index in [1.807, 2.05) is 31.2 Å². The topological polar surface area (TPSA) is 92.8 Å². The highest BCUT2D eigenvalue weighted by Crippen LogP contribution is 2.36. The zero-order chi connectivity index (χ0) is 23.6. The number of amides is 1. The van der Waals surface area contributed by atoms with Crippen molar-refractivity contribution in [2.75, 3.05) is 16.2 Å². The number of fused-ring (bicyclic) bond motifs is 1. The lowest BCUT2D eigenvalue weighted by atomic mass is 10.1. The molecule has 33 heavy (non-hydrogen) atoms. The molecule has 0 radical (unpaired) electrons. The van der Waals surface area contributed by atoms with E-state index >= 15 is 0 Å². The third-order valence-corrected chi connectivity index (χ3v) is 7.88. The molecule has 3 aromatic carbocycles. The average Bonchev–Trinajstić information content (AvgIpc) is 3.15. The van der Waals surface area contributed by atoms with Crippen molar-refractivity contribution in [2.45, 2.75) is 24.3 Å². The van der Waals surface area contributed by atoms with Crippen molar-refractivity contribution in [3.8, 4) is 0 Å². The number of carbonyl (C=O) groups is 2. The summed E-state index contributed by atoms with van der Waals surface area (Å²) in [6.45, 7) is 1.36. The van der Waals surface area contributed by atoms with Crippen molar-refractivity contribution in [1.82, 2.24) is 0 Å². The van der Waals surface area contributed by atoms with Gasteiger partial charge in [0.2, 0.25) is 0 Å². The van der Waals surface area contributed by atoms with E-state index in [0.717, 1.165) is 9.13 Å². The monoisotopic (exact) mass is 576 g/mol. The minimum Gasteiger partial charge on any atom is -0.452 e. The molecule has 4 rings (SSSR count). The number of halogens is 1. The van der Waals surface area contributed by atoms with Gasteiger partial charge in [0, 0.05) is 15.3 Å². The second kappa shape index (κ2) is 9.52. The van der Waals surface area contributed by atoms with Crippen LogP contribution < -0.4 is 9.62 Å². The Hall–Kier alpha value is -2.92. The normalized spacial score (nSPS) is 15.1. The molecule has 0 aromatic heterocycles. The molecule has 170 valence electrons. The van der Waals surface area contributed by atoms with E-state index in [4.69, 9.17) is 4.74 Å². The van der Waals surface area contributed by atoms with Crippen LogP contribution in [0.1, 0.15) is 22.8 Å². The first-order valence-corrected chi connectivity index (χ1v) is 12.7. The third kappa shape index (κ3) is 5.03. The summed E-state index contributed by atoms with van der Waals surface area (Å²) in [6.07, 6.45) is 0.618. The molecule has 1 heterocycles. The van der Waals surface area contributed by atoms with E-state index in [2.05, 4.69) is 27.9 Å². The molecule has 0 fully saturated rings. The van der Waals surface area contributed by atoms with Crippen molar-refractivity contribution in [3.63, 3.8) is 0 Å². The summed E-state index contributed by atoms with van der Waals surface area (Å²) in [4.78, 5) is 24.6. The largest absolute Gasteiger partial charge is 0.452 e. The van der Waals surface area contributed by atoms with Crippen molar-refractivity contribution in [3.05, 3.63) is 87.5 Å². The van der Waals surface area contributed by atoms with Crippen molar-refractivity contribution >= 4 is 55.9 Å². The molecule has 7 nitrogen and oxygen atoms in total. The van der Waals surface area contributed by atoms with Crippen LogP contribution in [0.5, 0.6) is 0 Å². The van der Waals surface area contributed by atoms with Crippen LogP contribution in [0.25, 0.3) is 0 Å². The summed E-state index contributed by atoms with van der Waals surface area (Å²) in [5.74, 6) is -1.27. The highest BCUT2D eigenvalue weighted by molar-refractivity contribution is 14.1. The number of hydrogen-bond donors (Lipinski definition) is 1. The van der Waals surface area contributed by atoms with Gasteiger partial charge in [-0.05, 0) is 90.0 Å². The number of benzene rings is 3. The molecule has 0 saturated heterocycles. The van der Waals surface area contributed by atoms with Crippen LogP contribution in [-0.4, -0.2) is 32.9 Å². The second-order valence-corrected chi connectivity index (χ2v) is 10.7. The fourth-order valence-corrected chi connectivity index (χ4v) is 5.84. The summed E-state index contributed by atoms with van der Waals surface area (Å²) in [6, 6.07) is 20.0. The van der Waals surface area contributed by atoms with Gasteiger partial charge in [0.05, 0.1) is 16.1 Å². The van der Waals surface area contributed by atoms with E-state index in [1.165, 1.54) is 28.6 Å². The van der Waals surface area contributed by atoms with Crippen LogP contribution in [0.3, 0.4) is 0 Å². The summed E-state index contributed by atoms with van der Waals surface area (Å²) in [5, 5.41) is 2.64. The number of hydrogen-bond acceptors (Lipinski definition) is 5. The first kappa shape index (κ1) is 23.2. The zero-order valence-corrected chi connectivity index (χ0v) is 20.7. The lowest BCUT2D eigenvalue weighted by Crippen LogP contribution is -2.35. The number of esters is 1. The van der Waals surface area contributed by atoms with Crippen LogP contribution in [0.15, 0.2) is 77.7 Å². The van der Waals surface area contributed by atoms with Gasteiger partial charge in [-0.1, -0.05) is 24.3 Å². The fourth-order valence-electron chi connectivity index (χ4n) is 3.75. The Balaban J connectivity index is 1.46. The molecule has 1 aliphatic heterocycles. The van der Waals surface area contributed by atoms with Gasteiger partial charge in [-0.15, -0.1) is 0 Å². The van der Waals surface area contributed by atoms with E-state index in [-0.39, 0.29) is 16.5 Å². The molecular formula is C24H21IN2O5S. The van der Waals surface area contributed by atoms with Gasteiger partial charge < -0.3 is 10.1 Å². The van der Waals surface area contributed by atoms with E-state index in [9.17, 15) is 18.0 Å². The average molecular weight is 576 g/mol. The van der Waals surface area contributed by atoms with E-state index in [0.29, 0.717) is 17.8 Å². The molecule has 0 spiro atoms. The SMILES string of the molecule is C[C@H]1Cc2ccccc2N1S(=O)(=O)c1cccc(C(=O)OCC(=O)Nc2ccc(I)cc2)c1. The van der Waals surface area contributed by atoms with E-state index < -0.39 is 28.5 Å². The standard InChI is InChI=1S/C24H21IN2O5S/c1-16-13-17-5-2-3-8-22(17)27(16)33(30,31)21-7-4-6-18(14-21)24(29)32-15-23(28)26-20-11-9-19(25)10-12-20/h2-12,14,16H,13,15H2,1H3,(H,26,28)/t16-/m0/s1. The van der Waals surface area contributed by atoms with Crippen LogP contribution in [0.4, 0.5) is 11.4 Å². The Kier molecular flexibility index (Phi) is 6.71. The van der Waals surface area contributed by atoms with Crippen LogP contribution in [0.2, 0.25) is 0 Å². The van der Waals surface area contributed by atoms with Crippen LogP contribution in [0, 0.1) is 3.57 Å². The lowest BCUT2D eigenvalue weighted by molar-refractivity contribution is -0.119. The zero-order valence-electron chi connectivity index (χ0n) is 17.7. The lowest BCUT2D eigenvalue weighted by Gasteiger charge is -2.24. The quantitative estimate of drug-likeness (QED) is 0.351. The maximum absolute atomic E-state index is 13.4. The highest BCUT2D eigenvalue weighted by atomic mass is 127. The molecular weight excluding hydrogens is 555 g/mol. The first-order valence-electron chi connectivity index (χ1n) is 10.2. The summed E-state index contributed by atoms with van der Waals surface area (Å²) < 4.78 is 34.3. The maximum Gasteiger partial charge on any atom is 0.338 e. The predicted octanol–water partition coefficient (Wildman–Crippen LogP) is 4.23. The number of anilines is 2. The smallest absolute Gasteiger partial charge is 0.338 e. The molecule has 0 aliphatic carbocycles. The van der Waals surface area contributed by atoms with E-state index in [1.54, 1.807) is 24.3 Å². The number of para-hydroxylation sites is 1. The minimum absolute atomic E-state index is 0.0103. The number of nitrogens with one attached hydrogen (secondary N) is 1. The predicted molar refractivity (Wildman–Crippen MR) is 134 cm³/mol. The van der Waals surface area contributed by atoms with Gasteiger partial charge >= 0.3 is 5.97 Å². The van der Waals surface area contributed by atoms with Gasteiger partial charge in [-0.2, -0.15) is 0 Å². The van der Waals surface area contributed by atoms with Crippen LogP contribution in [-0.2, 0) is 26.0 Å². The van der Waals surface area contributed by atoms with Gasteiger partial charge in [-0.3, -0.25) is 9.10 Å². The van der Waals surface area contributed by atoms with Crippen molar-refractivity contribution in [2.24, 2.45) is 0 Å². The maximum atomic E-state index is 13.4. The minimum atomic E-state index is -3.89. The molecule has 1 N–H and O–H groups in total. The second-order valence-electron chi connectivity index (χ2n) is 7.64. The van der Waals surface area contributed by atoms with Gasteiger partial charge in [0.1, 0.15) is 0 Å². The molecule has 1 aliphatic rings. The van der Waals surface area contributed by atoms with Crippen molar-refractivity contribution in [1.29, 1.82) is 0 Å². The Morgan fingerprint density at radius 1 is 1.06 bits per heavy atom. The number of nitrogens with zero attached hydrogens (tertiary/aromatic N) is 1. The number of carbonyl (C=O) groups excluding carboxylic acids is 2. The Bertz CT molecular complexity index is 1310. The van der Waals surface area contributed by atoms with Gasteiger partial charge in [-0.25, -0.2) is 13.2 Å². The molecule has 0 saturated carbocycles. The number of rotatable bonds is 6. The molecule has 3 aromatic rings. The number of ether oxygens (including phenoxy) is 1. The Morgan fingerprint density at radius 2 is 1.79 bits per heavy atom. The molecule has 0 bridgehead atoms. The van der Waals surface area contributed by atoms with Crippen LogP contribution >= 0.6 is 22.6 Å². The Morgan fingerprint density at radius 3 is 2.55 bits per heavy atom. The first-order chi connectivity index (χ1) is 15.8. The summed E-state index contributed by atoms with van der Waals surface area (Å²) in [5.41, 5.74) is 2.25. The molecule has 9 heteroatoms. The third-order valence-electron chi connectivity index (χ3n) is 5.23. The highest BCUT2D eigenvalue weighted by Gasteiger charge is 2.36. The summed E-state index contributed by atoms with van der Waals surface area (Å²) in [7, 11) is -3.89.